The molecule has 0 spiro atoms. The van der Waals surface area contributed by atoms with Gasteiger partial charge in [0, 0.05) is 5.56 Å². The lowest BCUT2D eigenvalue weighted by atomic mass is 10.0. The van der Waals surface area contributed by atoms with Gasteiger partial charge in [-0.15, -0.1) is 0 Å². The van der Waals surface area contributed by atoms with Crippen LogP contribution in [0, 0.1) is 13.8 Å². The molecule has 1 aromatic heterocycles. The average molecular weight is 376 g/mol. The van der Waals surface area contributed by atoms with Gasteiger partial charge in [-0.05, 0) is 43.9 Å². The first-order valence-corrected chi connectivity index (χ1v) is 9.93. The summed E-state index contributed by atoms with van der Waals surface area (Å²) in [6.07, 6.45) is 9.20. The smallest absolute Gasteiger partial charge is 0.137 e. The van der Waals surface area contributed by atoms with Crippen LogP contribution >= 0.6 is 11.6 Å². The van der Waals surface area contributed by atoms with Gasteiger partial charge in [-0.25, -0.2) is 9.97 Å². The Balaban J connectivity index is 1.74. The quantitative estimate of drug-likeness (QED) is 0.401. The highest BCUT2D eigenvalue weighted by Crippen LogP contribution is 2.21. The molecule has 0 amide bonds. The van der Waals surface area contributed by atoms with Crippen molar-refractivity contribution >= 4 is 17.4 Å². The molecule has 0 fully saturated rings. The largest absolute Gasteiger partial charge is 0.491 e. The van der Waals surface area contributed by atoms with Gasteiger partial charge in [-0.2, -0.15) is 0 Å². The van der Waals surface area contributed by atoms with Crippen LogP contribution in [-0.4, -0.2) is 23.1 Å². The first-order valence-electron chi connectivity index (χ1n) is 9.55. The van der Waals surface area contributed by atoms with E-state index in [2.05, 4.69) is 47.3 Å². The van der Waals surface area contributed by atoms with Gasteiger partial charge in [0.25, 0.3) is 0 Å². The van der Waals surface area contributed by atoms with Crippen LogP contribution in [0.3, 0.4) is 0 Å². The number of halogens is 1. The second kappa shape index (κ2) is 11.0. The van der Waals surface area contributed by atoms with Crippen molar-refractivity contribution in [2.24, 2.45) is 0 Å². The Bertz CT molecular complexity index is 691. The van der Waals surface area contributed by atoms with Crippen LogP contribution in [0.1, 0.15) is 55.7 Å². The summed E-state index contributed by atoms with van der Waals surface area (Å²) in [5, 5.41) is 3.72. The van der Waals surface area contributed by atoms with Crippen molar-refractivity contribution in [3.05, 3.63) is 46.4 Å². The minimum atomic E-state index is 0.476. The first-order chi connectivity index (χ1) is 12.6. The topological polar surface area (TPSA) is 47.0 Å². The number of unbranched alkanes of at least 4 members (excludes halogenated alkanes) is 4. The maximum atomic E-state index is 6.00. The van der Waals surface area contributed by atoms with Crippen molar-refractivity contribution in [3.8, 4) is 5.75 Å². The van der Waals surface area contributed by atoms with Gasteiger partial charge in [-0.3, -0.25) is 0 Å². The van der Waals surface area contributed by atoms with Gasteiger partial charge in [-0.1, -0.05) is 56.3 Å². The lowest BCUT2D eigenvalue weighted by Gasteiger charge is -2.12. The molecule has 26 heavy (non-hydrogen) atoms. The van der Waals surface area contributed by atoms with E-state index in [9.17, 15) is 0 Å². The Morgan fingerprint density at radius 2 is 1.88 bits per heavy atom. The van der Waals surface area contributed by atoms with E-state index in [4.69, 9.17) is 16.3 Å². The molecule has 1 heterocycles. The van der Waals surface area contributed by atoms with Crippen LogP contribution in [0.5, 0.6) is 5.75 Å². The van der Waals surface area contributed by atoms with Crippen LogP contribution < -0.4 is 10.1 Å². The molecule has 2 aromatic rings. The Labute approximate surface area is 162 Å². The summed E-state index contributed by atoms with van der Waals surface area (Å²) in [5.41, 5.74) is 3.45. The second-order valence-electron chi connectivity index (χ2n) is 6.68. The zero-order valence-corrected chi connectivity index (χ0v) is 16.9. The molecule has 0 aliphatic rings. The second-order valence-corrected chi connectivity index (χ2v) is 7.04. The summed E-state index contributed by atoms with van der Waals surface area (Å²) < 4.78 is 5.90. The van der Waals surface area contributed by atoms with E-state index >= 15 is 0 Å². The Kier molecular flexibility index (Phi) is 8.69. The van der Waals surface area contributed by atoms with Crippen molar-refractivity contribution in [3.63, 3.8) is 0 Å². The maximum absolute atomic E-state index is 6.00. The van der Waals surface area contributed by atoms with Gasteiger partial charge in [0.2, 0.25) is 0 Å². The number of hydrogen-bond acceptors (Lipinski definition) is 4. The Morgan fingerprint density at radius 3 is 2.65 bits per heavy atom. The molecule has 2 rings (SSSR count). The van der Waals surface area contributed by atoms with Crippen molar-refractivity contribution in [1.82, 2.24) is 9.97 Å². The molecule has 0 unspecified atom stereocenters. The molecule has 0 bridgehead atoms. The lowest BCUT2D eigenvalue weighted by molar-refractivity contribution is 0.330. The van der Waals surface area contributed by atoms with Gasteiger partial charge in [0.05, 0.1) is 6.54 Å². The molecule has 0 saturated carbocycles. The average Bonchev–Trinajstić information content (AvgIpc) is 2.63. The SMILES string of the molecule is CCCCCCCc1ccc(OCCNc2ncnc(Cl)c2C)c(C)c1. The molecule has 0 radical (unpaired) electrons. The number of nitrogens with zero attached hydrogens (tertiary/aromatic N) is 2. The van der Waals surface area contributed by atoms with E-state index in [1.165, 1.54) is 49.6 Å². The van der Waals surface area contributed by atoms with E-state index in [1.807, 2.05) is 6.92 Å². The highest BCUT2D eigenvalue weighted by molar-refractivity contribution is 6.30. The summed E-state index contributed by atoms with van der Waals surface area (Å²) in [5.74, 6) is 1.70. The molecular formula is C21H30ClN3O. The maximum Gasteiger partial charge on any atom is 0.137 e. The van der Waals surface area contributed by atoms with Crippen molar-refractivity contribution in [1.29, 1.82) is 0 Å². The number of hydrogen-bond donors (Lipinski definition) is 1. The first kappa shape index (κ1) is 20.5. The third-order valence-electron chi connectivity index (χ3n) is 4.48. The molecule has 142 valence electrons. The van der Waals surface area contributed by atoms with E-state index in [-0.39, 0.29) is 0 Å². The molecule has 4 nitrogen and oxygen atoms in total. The van der Waals surface area contributed by atoms with Crippen LogP contribution in [0.25, 0.3) is 0 Å². The zero-order valence-electron chi connectivity index (χ0n) is 16.1. The normalized spacial score (nSPS) is 10.8. The van der Waals surface area contributed by atoms with Gasteiger partial charge in [0.1, 0.15) is 29.7 Å². The number of benzene rings is 1. The van der Waals surface area contributed by atoms with E-state index in [0.717, 1.165) is 23.6 Å². The predicted octanol–water partition coefficient (Wildman–Crippen LogP) is 5.75. The number of rotatable bonds is 11. The molecule has 0 aliphatic carbocycles. The fourth-order valence-electron chi connectivity index (χ4n) is 2.90. The predicted molar refractivity (Wildman–Crippen MR) is 109 cm³/mol. The monoisotopic (exact) mass is 375 g/mol. The van der Waals surface area contributed by atoms with Gasteiger partial charge >= 0.3 is 0 Å². The summed E-state index contributed by atoms with van der Waals surface area (Å²) in [6, 6.07) is 6.52. The Morgan fingerprint density at radius 1 is 1.08 bits per heavy atom. The molecule has 0 aliphatic heterocycles. The van der Waals surface area contributed by atoms with Crippen molar-refractivity contribution in [2.45, 2.75) is 59.3 Å². The minimum absolute atomic E-state index is 0.476. The summed E-state index contributed by atoms with van der Waals surface area (Å²) >= 11 is 6.00. The van der Waals surface area contributed by atoms with Gasteiger partial charge < -0.3 is 10.1 Å². The summed E-state index contributed by atoms with van der Waals surface area (Å²) in [4.78, 5) is 8.15. The lowest BCUT2D eigenvalue weighted by Crippen LogP contribution is -2.14. The van der Waals surface area contributed by atoms with E-state index in [1.54, 1.807) is 0 Å². The third-order valence-corrected chi connectivity index (χ3v) is 4.86. The van der Waals surface area contributed by atoms with Gasteiger partial charge in [0.15, 0.2) is 0 Å². The molecular weight excluding hydrogens is 346 g/mol. The van der Waals surface area contributed by atoms with Crippen LogP contribution in [0.4, 0.5) is 5.82 Å². The minimum Gasteiger partial charge on any atom is -0.491 e. The zero-order chi connectivity index (χ0) is 18.8. The molecule has 5 heteroatoms. The van der Waals surface area contributed by atoms with Crippen LogP contribution in [-0.2, 0) is 6.42 Å². The van der Waals surface area contributed by atoms with Crippen LogP contribution in [0.15, 0.2) is 24.5 Å². The van der Waals surface area contributed by atoms with E-state index < -0.39 is 0 Å². The fourth-order valence-corrected chi connectivity index (χ4v) is 3.03. The summed E-state index contributed by atoms with van der Waals surface area (Å²) in [6.45, 7) is 7.49. The summed E-state index contributed by atoms with van der Waals surface area (Å²) in [7, 11) is 0. The third kappa shape index (κ3) is 6.49. The standard InChI is InChI=1S/C21H30ClN3O/c1-4-5-6-7-8-9-18-10-11-19(16(2)14-18)26-13-12-23-21-17(3)20(22)24-15-25-21/h10-11,14-15H,4-9,12-13H2,1-3H3,(H,23,24,25). The molecule has 1 aromatic carbocycles. The number of aryl methyl sites for hydroxylation is 2. The Hall–Kier alpha value is -1.81. The number of nitrogens with one attached hydrogen (secondary N) is 1. The number of ether oxygens (including phenoxy) is 1. The highest BCUT2D eigenvalue weighted by atomic mass is 35.5. The molecule has 1 N–H and O–H groups in total. The molecule has 0 saturated heterocycles. The number of anilines is 1. The van der Waals surface area contributed by atoms with Crippen molar-refractivity contribution in [2.75, 3.05) is 18.5 Å². The van der Waals surface area contributed by atoms with E-state index in [0.29, 0.717) is 18.3 Å². The number of aromatic nitrogens is 2. The fraction of sp³-hybridized carbons (Fsp3) is 0.524. The van der Waals surface area contributed by atoms with Crippen LogP contribution in [0.2, 0.25) is 5.15 Å². The highest BCUT2D eigenvalue weighted by Gasteiger charge is 2.05. The molecule has 0 atom stereocenters. The van der Waals surface area contributed by atoms with Crippen molar-refractivity contribution < 1.29 is 4.74 Å².